The number of amides is 3. The van der Waals surface area contributed by atoms with E-state index in [1.807, 2.05) is 0 Å². The molecular weight excluding hydrogens is 340 g/mol. The lowest BCUT2D eigenvalue weighted by Gasteiger charge is -2.26. The van der Waals surface area contributed by atoms with Crippen LogP contribution in [0.1, 0.15) is 48.9 Å². The highest BCUT2D eigenvalue weighted by molar-refractivity contribution is 5.90. The molecule has 2 heterocycles. The monoisotopic (exact) mass is 368 g/mol. The zero-order valence-corrected chi connectivity index (χ0v) is 15.9. The van der Waals surface area contributed by atoms with Crippen LogP contribution >= 0.6 is 0 Å². The zero-order valence-electron chi connectivity index (χ0n) is 15.9. The number of carbonyl (C=O) groups is 2. The first-order valence-corrected chi connectivity index (χ1v) is 9.97. The SMILES string of the molecule is Cc1c(CCNC(=O)NC2(C(N)=O)CCCC2)c2cccc3c2n1CCC3. The van der Waals surface area contributed by atoms with Gasteiger partial charge in [-0.25, -0.2) is 4.79 Å². The number of rotatable bonds is 5. The van der Waals surface area contributed by atoms with Crippen molar-refractivity contribution >= 4 is 22.8 Å². The Kier molecular flexibility index (Phi) is 4.58. The Morgan fingerprint density at radius 3 is 2.74 bits per heavy atom. The van der Waals surface area contributed by atoms with Crippen LogP contribution < -0.4 is 16.4 Å². The summed E-state index contributed by atoms with van der Waals surface area (Å²) in [5, 5.41) is 7.06. The van der Waals surface area contributed by atoms with Gasteiger partial charge in [0.25, 0.3) is 0 Å². The first kappa shape index (κ1) is 17.9. The summed E-state index contributed by atoms with van der Waals surface area (Å²) in [6, 6.07) is 6.23. The molecule has 2 aliphatic rings. The second-order valence-electron chi connectivity index (χ2n) is 7.92. The van der Waals surface area contributed by atoms with E-state index in [1.165, 1.54) is 34.1 Å². The van der Waals surface area contributed by atoms with Gasteiger partial charge in [-0.15, -0.1) is 0 Å². The topological polar surface area (TPSA) is 89.2 Å². The van der Waals surface area contributed by atoms with Gasteiger partial charge in [-0.05, 0) is 50.2 Å². The van der Waals surface area contributed by atoms with E-state index in [2.05, 4.69) is 40.3 Å². The Balaban J connectivity index is 1.44. The molecule has 27 heavy (non-hydrogen) atoms. The second kappa shape index (κ2) is 6.91. The van der Waals surface area contributed by atoms with Crippen LogP contribution in [0.4, 0.5) is 4.79 Å². The van der Waals surface area contributed by atoms with E-state index < -0.39 is 11.4 Å². The molecule has 1 fully saturated rings. The molecule has 0 saturated heterocycles. The summed E-state index contributed by atoms with van der Waals surface area (Å²) in [5.74, 6) is -0.431. The minimum absolute atomic E-state index is 0.304. The number of urea groups is 1. The number of hydrogen-bond acceptors (Lipinski definition) is 2. The smallest absolute Gasteiger partial charge is 0.315 e. The number of benzene rings is 1. The molecule has 2 aromatic rings. The summed E-state index contributed by atoms with van der Waals surface area (Å²) >= 11 is 0. The van der Waals surface area contributed by atoms with E-state index in [1.54, 1.807) is 0 Å². The Hall–Kier alpha value is -2.50. The highest BCUT2D eigenvalue weighted by atomic mass is 16.2. The Morgan fingerprint density at radius 2 is 2.00 bits per heavy atom. The Bertz CT molecular complexity index is 893. The van der Waals surface area contributed by atoms with Gasteiger partial charge in [0, 0.05) is 24.2 Å². The standard InChI is InChI=1S/C21H28N4O2/c1-14-16(17-8-4-6-15-7-5-13-25(14)18(15)17)9-12-23-20(27)24-21(19(22)26)10-2-3-11-21/h4,6,8H,2-3,5,7,9-13H2,1H3,(H2,22,26)(H2,23,24,27). The van der Waals surface area contributed by atoms with E-state index >= 15 is 0 Å². The molecule has 0 bridgehead atoms. The summed E-state index contributed by atoms with van der Waals surface area (Å²) in [7, 11) is 0. The molecule has 3 amide bonds. The maximum Gasteiger partial charge on any atom is 0.315 e. The first-order chi connectivity index (χ1) is 13.0. The van der Waals surface area contributed by atoms with Gasteiger partial charge in [0.15, 0.2) is 0 Å². The molecule has 6 nitrogen and oxygen atoms in total. The van der Waals surface area contributed by atoms with E-state index in [0.29, 0.717) is 19.4 Å². The lowest BCUT2D eigenvalue weighted by molar-refractivity contribution is -0.123. The third-order valence-electron chi connectivity index (χ3n) is 6.33. The third-order valence-corrected chi connectivity index (χ3v) is 6.33. The van der Waals surface area contributed by atoms with Crippen molar-refractivity contribution < 1.29 is 9.59 Å². The molecule has 1 aliphatic carbocycles. The fraction of sp³-hybridized carbons (Fsp3) is 0.524. The highest BCUT2D eigenvalue weighted by Crippen LogP contribution is 2.33. The number of aryl methyl sites for hydroxylation is 2. The van der Waals surface area contributed by atoms with Crippen molar-refractivity contribution in [1.82, 2.24) is 15.2 Å². The van der Waals surface area contributed by atoms with Crippen molar-refractivity contribution in [3.05, 3.63) is 35.0 Å². The van der Waals surface area contributed by atoms with Crippen molar-refractivity contribution in [2.75, 3.05) is 6.54 Å². The number of hydrogen-bond donors (Lipinski definition) is 3. The molecule has 0 spiro atoms. The molecule has 4 N–H and O–H groups in total. The molecule has 1 saturated carbocycles. The third kappa shape index (κ3) is 3.07. The molecule has 4 rings (SSSR count). The van der Waals surface area contributed by atoms with E-state index in [-0.39, 0.29) is 6.03 Å². The molecule has 144 valence electrons. The maximum atomic E-state index is 12.3. The summed E-state index contributed by atoms with van der Waals surface area (Å²) < 4.78 is 2.42. The molecule has 0 unspecified atom stereocenters. The van der Waals surface area contributed by atoms with Crippen molar-refractivity contribution in [3.63, 3.8) is 0 Å². The quantitative estimate of drug-likeness (QED) is 0.757. The number of primary amides is 1. The van der Waals surface area contributed by atoms with Gasteiger partial charge in [0.2, 0.25) is 5.91 Å². The number of para-hydroxylation sites is 1. The van der Waals surface area contributed by atoms with Crippen LogP contribution in [-0.2, 0) is 24.2 Å². The number of nitrogens with zero attached hydrogens (tertiary/aromatic N) is 1. The fourth-order valence-electron chi connectivity index (χ4n) is 4.88. The molecule has 6 heteroatoms. The van der Waals surface area contributed by atoms with Gasteiger partial charge in [-0.3, -0.25) is 4.79 Å². The van der Waals surface area contributed by atoms with Gasteiger partial charge < -0.3 is 20.9 Å². The number of nitrogens with one attached hydrogen (secondary N) is 2. The summed E-state index contributed by atoms with van der Waals surface area (Å²) in [5.41, 5.74) is 10.0. The van der Waals surface area contributed by atoms with Crippen molar-refractivity contribution in [2.24, 2.45) is 5.73 Å². The largest absolute Gasteiger partial charge is 0.368 e. The average Bonchev–Trinajstić information content (AvgIpc) is 3.23. The minimum Gasteiger partial charge on any atom is -0.368 e. The van der Waals surface area contributed by atoms with Crippen LogP contribution in [0.2, 0.25) is 0 Å². The maximum absolute atomic E-state index is 12.3. The molecule has 1 aromatic carbocycles. The minimum atomic E-state index is -0.871. The number of nitrogens with two attached hydrogens (primary N) is 1. The van der Waals surface area contributed by atoms with E-state index in [9.17, 15) is 9.59 Å². The van der Waals surface area contributed by atoms with Crippen LogP contribution in [0.15, 0.2) is 18.2 Å². The lowest BCUT2D eigenvalue weighted by atomic mass is 9.97. The summed E-state index contributed by atoms with van der Waals surface area (Å²) in [4.78, 5) is 24.1. The normalized spacial score (nSPS) is 17.8. The summed E-state index contributed by atoms with van der Waals surface area (Å²) in [6.45, 7) is 3.77. The van der Waals surface area contributed by atoms with Crippen molar-refractivity contribution in [2.45, 2.75) is 64.0 Å². The second-order valence-corrected chi connectivity index (χ2v) is 7.92. The van der Waals surface area contributed by atoms with Crippen LogP contribution in [0.5, 0.6) is 0 Å². The van der Waals surface area contributed by atoms with Crippen molar-refractivity contribution in [3.8, 4) is 0 Å². The Labute approximate surface area is 159 Å². The van der Waals surface area contributed by atoms with E-state index in [4.69, 9.17) is 5.73 Å². The zero-order chi connectivity index (χ0) is 19.0. The Morgan fingerprint density at radius 1 is 1.22 bits per heavy atom. The predicted molar refractivity (Wildman–Crippen MR) is 106 cm³/mol. The number of aromatic nitrogens is 1. The summed E-state index contributed by atoms with van der Waals surface area (Å²) in [6.07, 6.45) is 6.19. The van der Waals surface area contributed by atoms with Crippen LogP contribution in [0.25, 0.3) is 10.9 Å². The van der Waals surface area contributed by atoms with Gasteiger partial charge in [-0.1, -0.05) is 31.0 Å². The molecule has 0 atom stereocenters. The van der Waals surface area contributed by atoms with Gasteiger partial charge in [0.05, 0.1) is 5.52 Å². The number of carbonyl (C=O) groups excluding carboxylic acids is 2. The first-order valence-electron chi connectivity index (χ1n) is 9.97. The molecular formula is C21H28N4O2. The van der Waals surface area contributed by atoms with Crippen molar-refractivity contribution in [1.29, 1.82) is 0 Å². The van der Waals surface area contributed by atoms with Gasteiger partial charge >= 0.3 is 6.03 Å². The highest BCUT2D eigenvalue weighted by Gasteiger charge is 2.40. The molecule has 1 aromatic heterocycles. The van der Waals surface area contributed by atoms with Gasteiger partial charge in [-0.2, -0.15) is 0 Å². The average molecular weight is 368 g/mol. The predicted octanol–water partition coefficient (Wildman–Crippen LogP) is 2.54. The van der Waals surface area contributed by atoms with Crippen LogP contribution in [0.3, 0.4) is 0 Å². The molecule has 1 aliphatic heterocycles. The van der Waals surface area contributed by atoms with Crippen LogP contribution in [-0.4, -0.2) is 28.6 Å². The van der Waals surface area contributed by atoms with Crippen LogP contribution in [0, 0.1) is 6.92 Å². The molecule has 0 radical (unpaired) electrons. The lowest BCUT2D eigenvalue weighted by Crippen LogP contribution is -2.58. The van der Waals surface area contributed by atoms with Gasteiger partial charge in [0.1, 0.15) is 5.54 Å². The fourth-order valence-corrected chi connectivity index (χ4v) is 4.88. The van der Waals surface area contributed by atoms with E-state index in [0.717, 1.165) is 32.2 Å².